The highest BCUT2D eigenvalue weighted by molar-refractivity contribution is 5.75. The number of allylic oxidation sites excluding steroid dienone is 1. The molecule has 5 heteroatoms. The normalized spacial score (nSPS) is 36.1. The van der Waals surface area contributed by atoms with Crippen molar-refractivity contribution >= 4 is 5.97 Å². The van der Waals surface area contributed by atoms with Gasteiger partial charge < -0.3 is 19.8 Å². The Hall–Kier alpha value is -1.85. The zero-order valence-corrected chi connectivity index (χ0v) is 17.6. The van der Waals surface area contributed by atoms with Gasteiger partial charge in [0.2, 0.25) is 0 Å². The van der Waals surface area contributed by atoms with Crippen LogP contribution in [0.25, 0.3) is 0 Å². The van der Waals surface area contributed by atoms with Crippen LogP contribution in [0.3, 0.4) is 0 Å². The van der Waals surface area contributed by atoms with Crippen molar-refractivity contribution in [2.75, 3.05) is 20.1 Å². The number of phenolic OH excluding ortho intramolecular Hbond substituents is 1. The second kappa shape index (κ2) is 7.77. The smallest absolute Gasteiger partial charge is 0.315 e. The third-order valence-corrected chi connectivity index (χ3v) is 7.69. The molecule has 0 aromatic heterocycles. The Balaban J connectivity index is 1.42. The molecule has 2 aliphatic carbocycles. The van der Waals surface area contributed by atoms with E-state index in [1.807, 2.05) is 13.1 Å². The molecule has 1 saturated heterocycles. The summed E-state index contributed by atoms with van der Waals surface area (Å²) in [7, 11) is 2.01. The minimum Gasteiger partial charge on any atom is -0.508 e. The first-order valence-corrected chi connectivity index (χ1v) is 10.9. The molecule has 1 aliphatic heterocycles. The summed E-state index contributed by atoms with van der Waals surface area (Å²) >= 11 is 0. The van der Waals surface area contributed by atoms with Crippen molar-refractivity contribution in [2.24, 2.45) is 23.2 Å². The molecule has 1 aromatic rings. The van der Waals surface area contributed by atoms with E-state index in [1.165, 1.54) is 18.4 Å². The number of benzene rings is 1. The van der Waals surface area contributed by atoms with Crippen molar-refractivity contribution in [3.63, 3.8) is 0 Å². The molecule has 29 heavy (non-hydrogen) atoms. The minimum absolute atomic E-state index is 0.0310. The van der Waals surface area contributed by atoms with Crippen LogP contribution in [0, 0.1) is 23.2 Å². The number of likely N-dealkylation sites (N-methyl/N-ethyl adjacent to an activating group) is 1. The van der Waals surface area contributed by atoms with E-state index in [0.717, 1.165) is 24.2 Å². The van der Waals surface area contributed by atoms with Crippen molar-refractivity contribution in [1.82, 2.24) is 0 Å². The first kappa shape index (κ1) is 20.4. The topological polar surface area (TPSA) is 71.2 Å². The van der Waals surface area contributed by atoms with Crippen LogP contribution in [0.4, 0.5) is 0 Å². The second-order valence-corrected chi connectivity index (χ2v) is 9.88. The molecule has 3 N–H and O–H groups in total. The maximum Gasteiger partial charge on any atom is 0.315 e. The number of rotatable bonds is 5. The van der Waals surface area contributed by atoms with Gasteiger partial charge in [-0.1, -0.05) is 31.2 Å². The fourth-order valence-corrected chi connectivity index (χ4v) is 6.13. The highest BCUT2D eigenvalue weighted by Gasteiger charge is 2.55. The molecule has 5 nitrogen and oxygen atoms in total. The first-order valence-electron chi connectivity index (χ1n) is 10.9. The summed E-state index contributed by atoms with van der Waals surface area (Å²) in [6.45, 7) is 7.85. The number of fused-ring (bicyclic) bond motifs is 2. The Morgan fingerprint density at radius 3 is 2.97 bits per heavy atom. The number of aromatic hydroxyl groups is 1. The van der Waals surface area contributed by atoms with Crippen LogP contribution in [0.2, 0.25) is 0 Å². The molecule has 1 heterocycles. The molecule has 0 radical (unpaired) electrons. The number of ether oxygens (including phenoxy) is 1. The summed E-state index contributed by atoms with van der Waals surface area (Å²) < 4.78 is 5.86. The van der Waals surface area contributed by atoms with Crippen molar-refractivity contribution in [3.05, 3.63) is 42.0 Å². The monoisotopic (exact) mass is 400 g/mol. The van der Waals surface area contributed by atoms with E-state index in [0.29, 0.717) is 24.6 Å². The van der Waals surface area contributed by atoms with E-state index in [2.05, 4.69) is 13.5 Å². The second-order valence-electron chi connectivity index (χ2n) is 9.88. The molecule has 3 fully saturated rings. The molecular formula is C24H34NO4+. The molecule has 0 bridgehead atoms. The number of hydrogen-bond donors (Lipinski definition) is 3. The predicted octanol–water partition coefficient (Wildman–Crippen LogP) is 2.25. The van der Waals surface area contributed by atoms with Crippen molar-refractivity contribution < 1.29 is 24.6 Å². The van der Waals surface area contributed by atoms with Gasteiger partial charge in [-0.3, -0.25) is 4.79 Å². The third-order valence-electron chi connectivity index (χ3n) is 7.69. The Morgan fingerprint density at radius 2 is 2.21 bits per heavy atom. The Kier molecular flexibility index (Phi) is 5.47. The lowest BCUT2D eigenvalue weighted by molar-refractivity contribution is -0.886. The van der Waals surface area contributed by atoms with Gasteiger partial charge in [-0.2, -0.15) is 0 Å². The molecule has 4 rings (SSSR count). The number of esters is 1. The molecule has 1 unspecified atom stereocenters. The number of phenols is 1. The van der Waals surface area contributed by atoms with Crippen molar-refractivity contribution in [3.8, 4) is 5.75 Å². The first-order chi connectivity index (χ1) is 13.8. The molecule has 158 valence electrons. The summed E-state index contributed by atoms with van der Waals surface area (Å²) in [4.78, 5) is 13.8. The van der Waals surface area contributed by atoms with Crippen LogP contribution in [-0.2, 0) is 9.53 Å². The Morgan fingerprint density at radius 1 is 1.41 bits per heavy atom. The van der Waals surface area contributed by atoms with Gasteiger partial charge in [-0.25, -0.2) is 0 Å². The number of aliphatic hydroxyl groups excluding tert-OH is 1. The molecular weight excluding hydrogens is 366 g/mol. The van der Waals surface area contributed by atoms with Crippen LogP contribution in [0.5, 0.6) is 5.75 Å². The van der Waals surface area contributed by atoms with E-state index < -0.39 is 6.10 Å². The lowest BCUT2D eigenvalue weighted by Gasteiger charge is -2.50. The lowest BCUT2D eigenvalue weighted by atomic mass is 9.55. The SMILES string of the molecule is C=C1CCC[C@@]2(C)C[C@H]3OC(=O)[C@@H](C[NH+](C)C[C@H](O)c4cccc(O)c4)[C@@H]3C[C@H]12. The number of nitrogens with one attached hydrogen (secondary N) is 1. The summed E-state index contributed by atoms with van der Waals surface area (Å²) in [5.41, 5.74) is 2.27. The summed E-state index contributed by atoms with van der Waals surface area (Å²) in [6.07, 6.45) is 4.81. The maximum atomic E-state index is 12.7. The third kappa shape index (κ3) is 3.95. The van der Waals surface area contributed by atoms with E-state index in [4.69, 9.17) is 4.74 Å². The zero-order valence-electron chi connectivity index (χ0n) is 17.6. The van der Waals surface area contributed by atoms with E-state index >= 15 is 0 Å². The summed E-state index contributed by atoms with van der Waals surface area (Å²) in [5, 5.41) is 20.2. The van der Waals surface area contributed by atoms with Crippen LogP contribution in [0.1, 0.15) is 50.7 Å². The Bertz CT molecular complexity index is 793. The van der Waals surface area contributed by atoms with Gasteiger partial charge >= 0.3 is 5.97 Å². The van der Waals surface area contributed by atoms with Gasteiger partial charge in [-0.15, -0.1) is 0 Å². The van der Waals surface area contributed by atoms with Crippen LogP contribution in [0.15, 0.2) is 36.4 Å². The summed E-state index contributed by atoms with van der Waals surface area (Å²) in [6, 6.07) is 6.73. The largest absolute Gasteiger partial charge is 0.508 e. The van der Waals surface area contributed by atoms with Crippen LogP contribution >= 0.6 is 0 Å². The van der Waals surface area contributed by atoms with Gasteiger partial charge in [0.25, 0.3) is 0 Å². The average molecular weight is 401 g/mol. The number of hydrogen-bond acceptors (Lipinski definition) is 4. The Labute approximate surface area is 173 Å². The quantitative estimate of drug-likeness (QED) is 0.524. The minimum atomic E-state index is -0.678. The standard InChI is InChI=1S/C24H33NO4/c1-15-6-5-9-24(2)12-22-18(11-20(15)24)19(23(28)29-22)13-25(3)14-21(27)16-7-4-8-17(26)10-16/h4,7-8,10,18-22,26-27H,1,5-6,9,11-14H2,2-3H3/p+1/t18-,19-,20+,21-,22+,24-/m0/s1. The van der Waals surface area contributed by atoms with Gasteiger partial charge in [0.1, 0.15) is 30.4 Å². The van der Waals surface area contributed by atoms with Gasteiger partial charge in [0.15, 0.2) is 0 Å². The predicted molar refractivity (Wildman–Crippen MR) is 110 cm³/mol. The molecule has 0 spiro atoms. The number of carbonyl (C=O) groups excluding carboxylic acids is 1. The lowest BCUT2D eigenvalue weighted by Crippen LogP contribution is -3.10. The molecule has 7 atom stereocenters. The molecule has 2 saturated carbocycles. The average Bonchev–Trinajstić information content (AvgIpc) is 2.94. The number of quaternary nitrogens is 1. The maximum absolute atomic E-state index is 12.7. The highest BCUT2D eigenvalue weighted by Crippen LogP contribution is 2.56. The van der Waals surface area contributed by atoms with Crippen molar-refractivity contribution in [2.45, 2.75) is 51.2 Å². The van der Waals surface area contributed by atoms with Gasteiger partial charge in [0, 0.05) is 5.92 Å². The van der Waals surface area contributed by atoms with E-state index in [-0.39, 0.29) is 35.1 Å². The highest BCUT2D eigenvalue weighted by atomic mass is 16.6. The number of carbonyl (C=O) groups is 1. The van der Waals surface area contributed by atoms with Gasteiger partial charge in [0.05, 0.1) is 13.6 Å². The number of aliphatic hydroxyl groups is 1. The fourth-order valence-electron chi connectivity index (χ4n) is 6.13. The van der Waals surface area contributed by atoms with Crippen LogP contribution < -0.4 is 4.90 Å². The zero-order chi connectivity index (χ0) is 20.8. The van der Waals surface area contributed by atoms with Crippen LogP contribution in [-0.4, -0.2) is 42.4 Å². The summed E-state index contributed by atoms with van der Waals surface area (Å²) in [5.74, 6) is 0.713. The van der Waals surface area contributed by atoms with Crippen molar-refractivity contribution in [1.29, 1.82) is 0 Å². The van der Waals surface area contributed by atoms with E-state index in [1.54, 1.807) is 18.2 Å². The van der Waals surface area contributed by atoms with Gasteiger partial charge in [-0.05, 0) is 61.1 Å². The fraction of sp³-hybridized carbons (Fsp3) is 0.625. The molecule has 1 aromatic carbocycles. The van der Waals surface area contributed by atoms with E-state index in [9.17, 15) is 15.0 Å². The molecule has 0 amide bonds. The molecule has 3 aliphatic rings.